The highest BCUT2D eigenvalue weighted by atomic mass is 32.2. The van der Waals surface area contributed by atoms with Crippen LogP contribution < -0.4 is 20.3 Å². The Hall–Kier alpha value is -4.95. The van der Waals surface area contributed by atoms with Crippen LogP contribution in [-0.2, 0) is 34.6 Å². The van der Waals surface area contributed by atoms with Crippen LogP contribution in [0.2, 0.25) is 0 Å². The van der Waals surface area contributed by atoms with Crippen molar-refractivity contribution < 1.29 is 44.7 Å². The lowest BCUT2D eigenvalue weighted by molar-refractivity contribution is -0.139. The van der Waals surface area contributed by atoms with E-state index in [-0.39, 0.29) is 61.8 Å². The quantitative estimate of drug-likeness (QED) is 0.228. The number of nitrogens with zero attached hydrogens (tertiary/aromatic N) is 7. The van der Waals surface area contributed by atoms with Gasteiger partial charge in [0.2, 0.25) is 27.8 Å². The zero-order valence-electron chi connectivity index (χ0n) is 29.8. The number of hydrogen-bond acceptors (Lipinski definition) is 10. The van der Waals surface area contributed by atoms with Gasteiger partial charge in [0.25, 0.3) is 5.92 Å². The van der Waals surface area contributed by atoms with E-state index in [0.29, 0.717) is 53.4 Å². The molecule has 2 aromatic heterocycles. The number of urea groups is 1. The summed E-state index contributed by atoms with van der Waals surface area (Å²) in [5.41, 5.74) is 0.461. The third-order valence-corrected chi connectivity index (χ3v) is 12.1. The molecule has 3 aliphatic heterocycles. The average molecular weight is 792 g/mol. The lowest BCUT2D eigenvalue weighted by Gasteiger charge is -2.38. The van der Waals surface area contributed by atoms with Gasteiger partial charge in [-0.25, -0.2) is 27.0 Å². The summed E-state index contributed by atoms with van der Waals surface area (Å²) in [5, 5.41) is 10.3. The van der Waals surface area contributed by atoms with Crippen molar-refractivity contribution in [3.8, 4) is 5.88 Å². The first kappa shape index (κ1) is 38.3. The fraction of sp³-hybridized carbons (Fsp3) is 0.457. The molecular weight excluding hydrogens is 754 g/mol. The van der Waals surface area contributed by atoms with Crippen LogP contribution in [0.4, 0.5) is 38.5 Å². The molecule has 3 fully saturated rings. The van der Waals surface area contributed by atoms with E-state index < -0.39 is 52.1 Å². The van der Waals surface area contributed by atoms with Crippen molar-refractivity contribution in [1.29, 1.82) is 0 Å². The summed E-state index contributed by atoms with van der Waals surface area (Å²) >= 11 is 0. The maximum atomic E-state index is 15.9. The minimum absolute atomic E-state index is 0.0337. The number of halogens is 5. The third-order valence-electron chi connectivity index (χ3n) is 10.2. The number of likely N-dealkylation sites (tertiary alicyclic amines) is 1. The summed E-state index contributed by atoms with van der Waals surface area (Å²) in [6, 6.07) is 10.3. The van der Waals surface area contributed by atoms with Gasteiger partial charge in [0.05, 0.1) is 30.0 Å². The molecule has 20 heteroatoms. The molecule has 55 heavy (non-hydrogen) atoms. The second-order valence-corrected chi connectivity index (χ2v) is 15.8. The van der Waals surface area contributed by atoms with Crippen molar-refractivity contribution in [2.24, 2.45) is 7.05 Å². The molecular formula is C35H38F5N9O5S. The van der Waals surface area contributed by atoms with Gasteiger partial charge in [-0.2, -0.15) is 27.6 Å². The largest absolute Gasteiger partial charge is 0.480 e. The highest BCUT2D eigenvalue weighted by Crippen LogP contribution is 2.42. The van der Waals surface area contributed by atoms with E-state index >= 15 is 8.78 Å². The Morgan fingerprint density at radius 2 is 1.80 bits per heavy atom. The Kier molecular flexibility index (Phi) is 10.2. The van der Waals surface area contributed by atoms with Gasteiger partial charge < -0.3 is 10.1 Å². The molecule has 1 atom stereocenters. The Labute approximate surface area is 312 Å². The van der Waals surface area contributed by atoms with Gasteiger partial charge in [0.15, 0.2) is 5.82 Å². The van der Waals surface area contributed by atoms with Gasteiger partial charge in [-0.3, -0.25) is 24.6 Å². The molecule has 294 valence electrons. The van der Waals surface area contributed by atoms with E-state index in [9.17, 15) is 31.2 Å². The molecule has 0 bridgehead atoms. The van der Waals surface area contributed by atoms with Crippen molar-refractivity contribution in [3.63, 3.8) is 0 Å². The molecule has 1 unspecified atom stereocenters. The first-order valence-corrected chi connectivity index (χ1v) is 19.0. The first-order valence-electron chi connectivity index (χ1n) is 17.6. The Morgan fingerprint density at radius 1 is 1.04 bits per heavy atom. The normalized spacial score (nSPS) is 20.5. The second-order valence-electron chi connectivity index (χ2n) is 13.9. The van der Waals surface area contributed by atoms with Crippen molar-refractivity contribution >= 4 is 44.6 Å². The van der Waals surface area contributed by atoms with Crippen molar-refractivity contribution in [3.05, 3.63) is 65.4 Å². The first-order chi connectivity index (χ1) is 26.0. The van der Waals surface area contributed by atoms with Crippen molar-refractivity contribution in [2.45, 2.75) is 61.2 Å². The van der Waals surface area contributed by atoms with Crippen LogP contribution in [0.1, 0.15) is 48.3 Å². The van der Waals surface area contributed by atoms with Crippen LogP contribution in [0.5, 0.6) is 5.88 Å². The molecule has 4 aromatic rings. The second kappa shape index (κ2) is 14.6. The molecule has 2 aromatic carbocycles. The molecule has 0 saturated carbocycles. The molecule has 0 spiro atoms. The number of benzene rings is 2. The number of anilines is 2. The summed E-state index contributed by atoms with van der Waals surface area (Å²) in [6.45, 7) is 0.316. The molecule has 0 radical (unpaired) electrons. The lowest BCUT2D eigenvalue weighted by Crippen LogP contribution is -2.49. The minimum atomic E-state index is -4.69. The van der Waals surface area contributed by atoms with Crippen molar-refractivity contribution in [2.75, 3.05) is 50.1 Å². The smallest absolute Gasteiger partial charge is 0.423 e. The maximum absolute atomic E-state index is 15.9. The average Bonchev–Trinajstić information content (AvgIpc) is 3.46. The highest BCUT2D eigenvalue weighted by molar-refractivity contribution is 7.89. The number of piperidine rings is 2. The van der Waals surface area contributed by atoms with Crippen LogP contribution in [-0.4, -0.2) is 101 Å². The number of fused-ring (bicyclic) bond motifs is 1. The van der Waals surface area contributed by atoms with E-state index in [2.05, 4.69) is 25.7 Å². The van der Waals surface area contributed by atoms with Gasteiger partial charge in [0.1, 0.15) is 5.56 Å². The fourth-order valence-corrected chi connectivity index (χ4v) is 8.95. The van der Waals surface area contributed by atoms with E-state index in [1.165, 1.54) is 26.0 Å². The number of imide groups is 1. The zero-order valence-corrected chi connectivity index (χ0v) is 30.6. The summed E-state index contributed by atoms with van der Waals surface area (Å²) in [7, 11) is -1.20. The standard InChI is InChI=1S/C35H38F5N9O5S/c1-46-28-17-22(6-7-25(28)30(45-46)49-15-11-29(50)43-33(49)51)26-10-12-47(20-34(26,36)37)19-21-4-3-5-24(16-21)55(52,53)48-13-8-23(9-14-48)42-32-41-18-27(35(38,39)40)31(44-32)54-2/h3-7,16-18,23,26H,8-15,19-20H2,1-2H3,(H,41,42,44)(H,43,50,51). The predicted molar refractivity (Wildman–Crippen MR) is 189 cm³/mol. The van der Waals surface area contributed by atoms with Crippen LogP contribution in [0, 0.1) is 0 Å². The molecule has 14 nitrogen and oxygen atoms in total. The molecule has 7 rings (SSSR count). The summed E-state index contributed by atoms with van der Waals surface area (Å²) in [6.07, 6.45) is -3.12. The minimum Gasteiger partial charge on any atom is -0.480 e. The van der Waals surface area contributed by atoms with Gasteiger partial charge in [-0.15, -0.1) is 0 Å². The number of amides is 3. The van der Waals surface area contributed by atoms with E-state index in [1.54, 1.807) is 42.3 Å². The lowest BCUT2D eigenvalue weighted by atomic mass is 9.85. The van der Waals surface area contributed by atoms with Crippen LogP contribution in [0.25, 0.3) is 10.9 Å². The number of carbonyl (C=O) groups excluding carboxylic acids is 2. The predicted octanol–water partition coefficient (Wildman–Crippen LogP) is 4.73. The molecule has 3 saturated heterocycles. The molecule has 3 amide bonds. The van der Waals surface area contributed by atoms with Gasteiger partial charge >= 0.3 is 12.2 Å². The Balaban J connectivity index is 0.972. The third kappa shape index (κ3) is 7.79. The highest BCUT2D eigenvalue weighted by Gasteiger charge is 2.45. The van der Waals surface area contributed by atoms with Crippen molar-refractivity contribution in [1.82, 2.24) is 34.3 Å². The number of hydrogen-bond donors (Lipinski definition) is 2. The molecule has 3 aliphatic rings. The van der Waals surface area contributed by atoms with Crippen LogP contribution in [0.3, 0.4) is 0 Å². The molecule has 0 aliphatic carbocycles. The number of sulfonamides is 1. The number of nitrogens with one attached hydrogen (secondary N) is 2. The monoisotopic (exact) mass is 791 g/mol. The number of carbonyl (C=O) groups is 2. The summed E-state index contributed by atoms with van der Waals surface area (Å²) in [5.74, 6) is -4.92. The van der Waals surface area contributed by atoms with Gasteiger partial charge in [0, 0.05) is 57.3 Å². The zero-order chi connectivity index (χ0) is 39.3. The summed E-state index contributed by atoms with van der Waals surface area (Å²) < 4.78 is 106. The molecule has 2 N–H and O–H groups in total. The topological polar surface area (TPSA) is 155 Å². The van der Waals surface area contributed by atoms with Crippen LogP contribution >= 0.6 is 0 Å². The maximum Gasteiger partial charge on any atom is 0.423 e. The number of ether oxygens (including phenoxy) is 1. The SMILES string of the molecule is COc1nc(NC2CCN(S(=O)(=O)c3cccc(CN4CCC(c5ccc6c(N7CCC(=O)NC7=O)nn(C)c6c5)C(F)(F)C4)c3)CC2)ncc1C(F)(F)F. The number of aromatic nitrogens is 4. The van der Waals surface area contributed by atoms with Gasteiger partial charge in [-0.1, -0.05) is 18.2 Å². The van der Waals surface area contributed by atoms with E-state index in [0.717, 1.165) is 7.11 Å². The number of methoxy groups -OCH3 is 1. The van der Waals surface area contributed by atoms with E-state index in [4.69, 9.17) is 4.74 Å². The Morgan fingerprint density at radius 3 is 2.49 bits per heavy atom. The number of rotatable bonds is 9. The number of aryl methyl sites for hydroxylation is 1. The van der Waals surface area contributed by atoms with Gasteiger partial charge in [-0.05, 0) is 61.2 Å². The molecule has 5 heterocycles. The summed E-state index contributed by atoms with van der Waals surface area (Å²) in [4.78, 5) is 34.6. The fourth-order valence-electron chi connectivity index (χ4n) is 7.41. The van der Waals surface area contributed by atoms with Crippen LogP contribution in [0.15, 0.2) is 53.6 Å². The Bertz CT molecular complexity index is 2230. The van der Waals surface area contributed by atoms with E-state index in [1.807, 2.05) is 0 Å². The number of alkyl halides is 5.